The molecule has 0 fully saturated rings. The van der Waals surface area contributed by atoms with Crippen molar-refractivity contribution in [1.82, 2.24) is 0 Å². The molecule has 0 atom stereocenters. The van der Waals surface area contributed by atoms with Crippen LogP contribution in [0.5, 0.6) is 0 Å². The topological polar surface area (TPSA) is 55.1 Å². The summed E-state index contributed by atoms with van der Waals surface area (Å²) in [6, 6.07) is 11.5. The third-order valence-electron chi connectivity index (χ3n) is 3.32. The quantitative estimate of drug-likeness (QED) is 0.646. The molecule has 98 valence electrons. The van der Waals surface area contributed by atoms with E-state index < -0.39 is 0 Å². The van der Waals surface area contributed by atoms with Gasteiger partial charge in [-0.3, -0.25) is 4.79 Å². The smallest absolute Gasteiger partial charge is 0.161 e. The number of carbonyl (C=O) groups is 1. The summed E-state index contributed by atoms with van der Waals surface area (Å²) in [7, 11) is 0. The predicted octanol–water partition coefficient (Wildman–Crippen LogP) is 3.83. The van der Waals surface area contributed by atoms with Crippen LogP contribution >= 0.6 is 0 Å². The highest BCUT2D eigenvalue weighted by Gasteiger charge is 2.07. The molecule has 0 aliphatic rings. The van der Waals surface area contributed by atoms with Gasteiger partial charge >= 0.3 is 0 Å². The van der Waals surface area contributed by atoms with Crippen molar-refractivity contribution in [3.05, 3.63) is 53.1 Å². The normalized spacial score (nSPS) is 10.3. The average Bonchev–Trinajstić information content (AvgIpc) is 2.37. The molecular formula is C16H18N2O. The second kappa shape index (κ2) is 5.14. The van der Waals surface area contributed by atoms with Crippen molar-refractivity contribution in [3.8, 4) is 0 Å². The van der Waals surface area contributed by atoms with Crippen molar-refractivity contribution < 1.29 is 4.79 Å². The number of nitrogens with two attached hydrogens (primary N) is 1. The van der Waals surface area contributed by atoms with Gasteiger partial charge in [-0.15, -0.1) is 0 Å². The Hall–Kier alpha value is -2.29. The van der Waals surface area contributed by atoms with E-state index in [1.807, 2.05) is 18.2 Å². The number of nitrogens with one attached hydrogen (secondary N) is 1. The van der Waals surface area contributed by atoms with Crippen LogP contribution in [0.15, 0.2) is 36.4 Å². The third-order valence-corrected chi connectivity index (χ3v) is 3.32. The molecule has 0 aliphatic carbocycles. The van der Waals surface area contributed by atoms with Crippen molar-refractivity contribution in [2.75, 3.05) is 11.1 Å². The fraction of sp³-hybridized carbons (Fsp3) is 0.188. The second-order valence-corrected chi connectivity index (χ2v) is 4.73. The second-order valence-electron chi connectivity index (χ2n) is 4.73. The van der Waals surface area contributed by atoms with Gasteiger partial charge in [0.2, 0.25) is 0 Å². The molecule has 0 aliphatic heterocycles. The Morgan fingerprint density at radius 3 is 2.58 bits per heavy atom. The van der Waals surface area contributed by atoms with E-state index in [1.165, 1.54) is 18.1 Å². The van der Waals surface area contributed by atoms with Gasteiger partial charge in [0.15, 0.2) is 5.78 Å². The molecule has 0 amide bonds. The van der Waals surface area contributed by atoms with E-state index >= 15 is 0 Å². The lowest BCUT2D eigenvalue weighted by atomic mass is 10.1. The van der Waals surface area contributed by atoms with E-state index in [1.54, 1.807) is 12.1 Å². The van der Waals surface area contributed by atoms with Gasteiger partial charge in [0.1, 0.15) is 0 Å². The standard InChI is InChI=1S/C16H18N2O/c1-10-5-4-6-16(11(10)2)18-13-7-8-15(17)14(9-13)12(3)19/h4-9,18H,17H2,1-3H3. The minimum atomic E-state index is -0.0258. The van der Waals surface area contributed by atoms with E-state index in [4.69, 9.17) is 5.73 Å². The number of benzene rings is 2. The summed E-state index contributed by atoms with van der Waals surface area (Å²) in [5.41, 5.74) is 11.2. The number of carbonyl (C=O) groups excluding carboxylic acids is 1. The van der Waals surface area contributed by atoms with E-state index in [0.717, 1.165) is 11.4 Å². The first kappa shape index (κ1) is 13.1. The zero-order valence-electron chi connectivity index (χ0n) is 11.4. The van der Waals surface area contributed by atoms with Crippen LogP contribution in [0.25, 0.3) is 0 Å². The minimum absolute atomic E-state index is 0.0258. The lowest BCUT2D eigenvalue weighted by molar-refractivity contribution is 0.101. The number of rotatable bonds is 3. The van der Waals surface area contributed by atoms with E-state index in [9.17, 15) is 4.79 Å². The molecule has 0 heterocycles. The van der Waals surface area contributed by atoms with Crippen LogP contribution in [0.4, 0.5) is 17.1 Å². The molecule has 0 saturated heterocycles. The lowest BCUT2D eigenvalue weighted by Gasteiger charge is -2.13. The summed E-state index contributed by atoms with van der Waals surface area (Å²) in [6.07, 6.45) is 0. The Morgan fingerprint density at radius 1 is 1.16 bits per heavy atom. The van der Waals surface area contributed by atoms with Gasteiger partial charge in [-0.1, -0.05) is 12.1 Å². The Kier molecular flexibility index (Phi) is 3.56. The molecule has 0 saturated carbocycles. The van der Waals surface area contributed by atoms with Crippen LogP contribution in [0.3, 0.4) is 0 Å². The van der Waals surface area contributed by atoms with Crippen molar-refractivity contribution in [2.45, 2.75) is 20.8 Å². The summed E-state index contributed by atoms with van der Waals surface area (Å²) in [5, 5.41) is 3.33. The number of ketones is 1. The summed E-state index contributed by atoms with van der Waals surface area (Å²) in [6.45, 7) is 5.67. The van der Waals surface area contributed by atoms with Crippen LogP contribution in [0.2, 0.25) is 0 Å². The third kappa shape index (κ3) is 2.76. The zero-order chi connectivity index (χ0) is 14.0. The summed E-state index contributed by atoms with van der Waals surface area (Å²) in [4.78, 5) is 11.5. The number of Topliss-reactive ketones (excluding diaryl/α,β-unsaturated/α-hetero) is 1. The van der Waals surface area contributed by atoms with Gasteiger partial charge < -0.3 is 11.1 Å². The van der Waals surface area contributed by atoms with Crippen molar-refractivity contribution in [3.63, 3.8) is 0 Å². The van der Waals surface area contributed by atoms with Crippen molar-refractivity contribution in [2.24, 2.45) is 0 Å². The average molecular weight is 254 g/mol. The molecule has 2 aromatic rings. The highest BCUT2D eigenvalue weighted by atomic mass is 16.1. The molecule has 2 aromatic carbocycles. The van der Waals surface area contributed by atoms with Gasteiger partial charge in [-0.2, -0.15) is 0 Å². The Balaban J connectivity index is 2.36. The first-order valence-corrected chi connectivity index (χ1v) is 6.22. The molecule has 0 radical (unpaired) electrons. The number of aryl methyl sites for hydroxylation is 1. The first-order valence-electron chi connectivity index (χ1n) is 6.22. The summed E-state index contributed by atoms with van der Waals surface area (Å²) < 4.78 is 0. The first-order chi connectivity index (χ1) is 8.99. The molecule has 3 heteroatoms. The maximum atomic E-state index is 11.5. The predicted molar refractivity (Wildman–Crippen MR) is 80.1 cm³/mol. The maximum absolute atomic E-state index is 11.5. The Bertz CT molecular complexity index is 633. The number of nitrogen functional groups attached to an aromatic ring is 1. The molecule has 0 unspecified atom stereocenters. The number of anilines is 3. The highest BCUT2D eigenvalue weighted by Crippen LogP contribution is 2.25. The minimum Gasteiger partial charge on any atom is -0.398 e. The molecule has 0 aromatic heterocycles. The number of hydrogen-bond acceptors (Lipinski definition) is 3. The van der Waals surface area contributed by atoms with Gasteiger partial charge in [0.05, 0.1) is 0 Å². The summed E-state index contributed by atoms with van der Waals surface area (Å²) >= 11 is 0. The van der Waals surface area contributed by atoms with Crippen LogP contribution in [0, 0.1) is 13.8 Å². The van der Waals surface area contributed by atoms with Gasteiger partial charge in [-0.25, -0.2) is 0 Å². The fourth-order valence-electron chi connectivity index (χ4n) is 1.98. The van der Waals surface area contributed by atoms with Gasteiger partial charge in [0.25, 0.3) is 0 Å². The molecule has 19 heavy (non-hydrogen) atoms. The van der Waals surface area contributed by atoms with Gasteiger partial charge in [0, 0.05) is 22.6 Å². The molecule has 3 N–H and O–H groups in total. The van der Waals surface area contributed by atoms with E-state index in [-0.39, 0.29) is 5.78 Å². The zero-order valence-corrected chi connectivity index (χ0v) is 11.4. The Morgan fingerprint density at radius 2 is 1.89 bits per heavy atom. The lowest BCUT2D eigenvalue weighted by Crippen LogP contribution is -2.01. The number of hydrogen-bond donors (Lipinski definition) is 2. The highest BCUT2D eigenvalue weighted by molar-refractivity contribution is 6.00. The van der Waals surface area contributed by atoms with Crippen molar-refractivity contribution >= 4 is 22.8 Å². The van der Waals surface area contributed by atoms with Crippen LogP contribution in [0.1, 0.15) is 28.4 Å². The van der Waals surface area contributed by atoms with Crippen LogP contribution in [-0.2, 0) is 0 Å². The van der Waals surface area contributed by atoms with E-state index in [0.29, 0.717) is 11.3 Å². The SMILES string of the molecule is CC(=O)c1cc(Nc2cccc(C)c2C)ccc1N. The van der Waals surface area contributed by atoms with Crippen LogP contribution < -0.4 is 11.1 Å². The fourth-order valence-corrected chi connectivity index (χ4v) is 1.98. The largest absolute Gasteiger partial charge is 0.398 e. The molecule has 3 nitrogen and oxygen atoms in total. The Labute approximate surface area is 113 Å². The maximum Gasteiger partial charge on any atom is 0.161 e. The molecule has 0 bridgehead atoms. The van der Waals surface area contributed by atoms with Crippen LogP contribution in [-0.4, -0.2) is 5.78 Å². The van der Waals surface area contributed by atoms with E-state index in [2.05, 4.69) is 25.2 Å². The monoisotopic (exact) mass is 254 g/mol. The molecule has 0 spiro atoms. The summed E-state index contributed by atoms with van der Waals surface area (Å²) in [5.74, 6) is -0.0258. The van der Waals surface area contributed by atoms with Gasteiger partial charge in [-0.05, 0) is 56.2 Å². The molecular weight excluding hydrogens is 236 g/mol. The van der Waals surface area contributed by atoms with Crippen molar-refractivity contribution in [1.29, 1.82) is 0 Å². The molecule has 2 rings (SSSR count).